The predicted molar refractivity (Wildman–Crippen MR) is 297 cm³/mol. The first-order valence-corrected chi connectivity index (χ1v) is 28.0. The Labute approximate surface area is 410 Å². The third-order valence-corrected chi connectivity index (χ3v) is 24.1. The molecule has 3 aromatic heterocycles. The Hall–Kier alpha value is -8.69. The summed E-state index contributed by atoms with van der Waals surface area (Å²) in [5.74, 6) is 0.960. The molecule has 330 valence electrons. The van der Waals surface area contributed by atoms with E-state index in [9.17, 15) is 0 Å². The van der Waals surface area contributed by atoms with Gasteiger partial charge in [-0.3, -0.25) is 9.88 Å². The molecule has 0 spiro atoms. The fraction of sp³-hybridized carbons (Fsp3) is 0. The molecule has 0 bridgehead atoms. The Balaban J connectivity index is 1.15. The van der Waals surface area contributed by atoms with Crippen LogP contribution in [0.4, 0.5) is 17.2 Å². The van der Waals surface area contributed by atoms with Gasteiger partial charge in [0.05, 0.1) is 16.7 Å². The largest absolute Gasteiger partial charge is 0.309 e. The SMILES string of the molecule is c1ccc(-n2c3ccccc3c3c4c(ccc32)N(c2cccc([Si](c3ccccc3)(c3ccccc3)c3cccc(-c5ccccn5)c3)c2)c2ncccc2[Si]4(c2ccccc2)c2ccccc2)cc1. The Morgan fingerprint density at radius 3 is 1.61 bits per heavy atom. The monoisotopic (exact) mass is 926 g/mol. The van der Waals surface area contributed by atoms with E-state index in [0.717, 1.165) is 34.1 Å². The third kappa shape index (κ3) is 6.34. The number of benzene rings is 9. The van der Waals surface area contributed by atoms with Crippen LogP contribution in [-0.4, -0.2) is 30.7 Å². The van der Waals surface area contributed by atoms with Gasteiger partial charge in [-0.05, 0) is 102 Å². The van der Waals surface area contributed by atoms with Gasteiger partial charge in [0.15, 0.2) is 16.1 Å². The second kappa shape index (κ2) is 17.1. The average Bonchev–Trinajstić information content (AvgIpc) is 3.79. The Morgan fingerprint density at radius 1 is 0.386 bits per heavy atom. The van der Waals surface area contributed by atoms with Gasteiger partial charge >= 0.3 is 0 Å². The first-order chi connectivity index (χ1) is 34.8. The minimum Gasteiger partial charge on any atom is -0.309 e. The van der Waals surface area contributed by atoms with Crippen LogP contribution in [0.25, 0.3) is 38.8 Å². The van der Waals surface area contributed by atoms with Crippen LogP contribution in [0.1, 0.15) is 0 Å². The van der Waals surface area contributed by atoms with Crippen molar-refractivity contribution >= 4 is 96.6 Å². The maximum absolute atomic E-state index is 5.49. The zero-order valence-corrected chi connectivity index (χ0v) is 40.3. The third-order valence-electron chi connectivity index (χ3n) is 14.5. The van der Waals surface area contributed by atoms with Gasteiger partial charge in [0.2, 0.25) is 0 Å². The standard InChI is InChI=1S/C64H46N4Si2/c1-6-24-48(25-7-1)67-58-39-17-16-37-56(58)62-59(67)41-42-60-63(62)70(52-31-12-4-13-32-52,53-33-14-5-15-34-53)61-40-22-44-66-64(61)68(60)49-26-21-36-55(46-49)69(50-27-8-2-9-28-50,51-29-10-3-11-30-51)54-35-20-23-47(45-54)57-38-18-19-43-65-57/h1-46H. The van der Waals surface area contributed by atoms with E-state index in [4.69, 9.17) is 9.97 Å². The van der Waals surface area contributed by atoms with Crippen LogP contribution >= 0.6 is 0 Å². The molecule has 1 aliphatic heterocycles. The molecule has 6 heteroatoms. The number of pyridine rings is 2. The summed E-state index contributed by atoms with van der Waals surface area (Å²) >= 11 is 0. The number of hydrogen-bond donors (Lipinski definition) is 0. The lowest BCUT2D eigenvalue weighted by Crippen LogP contribution is -2.77. The minimum atomic E-state index is -3.18. The van der Waals surface area contributed by atoms with E-state index in [0.29, 0.717) is 0 Å². The number of fused-ring (bicyclic) bond motifs is 6. The number of anilines is 3. The van der Waals surface area contributed by atoms with E-state index in [-0.39, 0.29) is 0 Å². The lowest BCUT2D eigenvalue weighted by atomic mass is 10.1. The van der Waals surface area contributed by atoms with Crippen LogP contribution in [0, 0.1) is 0 Å². The molecule has 0 aliphatic carbocycles. The minimum absolute atomic E-state index is 0.958. The highest BCUT2D eigenvalue weighted by Gasteiger charge is 2.51. The molecule has 0 saturated carbocycles. The van der Waals surface area contributed by atoms with E-state index >= 15 is 0 Å². The summed E-state index contributed by atoms with van der Waals surface area (Å²) in [6.45, 7) is 0. The van der Waals surface area contributed by atoms with Gasteiger partial charge in [0.25, 0.3) is 0 Å². The fourth-order valence-electron chi connectivity index (χ4n) is 11.7. The summed E-state index contributed by atoms with van der Waals surface area (Å²) < 4.78 is 2.46. The summed E-state index contributed by atoms with van der Waals surface area (Å²) in [5.41, 5.74) is 7.78. The molecule has 0 atom stereocenters. The quantitative estimate of drug-likeness (QED) is 0.107. The van der Waals surface area contributed by atoms with Crippen molar-refractivity contribution in [3.05, 3.63) is 279 Å². The van der Waals surface area contributed by atoms with Gasteiger partial charge in [0.1, 0.15) is 5.82 Å². The summed E-state index contributed by atoms with van der Waals surface area (Å²) in [6.07, 6.45) is 3.86. The van der Waals surface area contributed by atoms with Gasteiger partial charge in [0, 0.05) is 45.8 Å². The van der Waals surface area contributed by atoms with E-state index in [1.807, 2.05) is 18.5 Å². The van der Waals surface area contributed by atoms with Crippen LogP contribution in [-0.2, 0) is 0 Å². The number of rotatable bonds is 9. The molecular weight excluding hydrogens is 881 g/mol. The second-order valence-corrected chi connectivity index (χ2v) is 25.6. The molecule has 0 amide bonds. The van der Waals surface area contributed by atoms with Crippen LogP contribution < -0.4 is 46.4 Å². The first kappa shape index (κ1) is 41.5. The van der Waals surface area contributed by atoms with Crippen molar-refractivity contribution in [1.82, 2.24) is 14.5 Å². The van der Waals surface area contributed by atoms with Crippen molar-refractivity contribution in [3.8, 4) is 16.9 Å². The molecular formula is C64H46N4Si2. The molecule has 13 rings (SSSR count). The number of para-hydroxylation sites is 2. The molecule has 4 heterocycles. The second-order valence-electron chi connectivity index (χ2n) is 18.1. The van der Waals surface area contributed by atoms with Gasteiger partial charge < -0.3 is 4.57 Å². The van der Waals surface area contributed by atoms with E-state index in [1.54, 1.807) is 0 Å². The van der Waals surface area contributed by atoms with Crippen LogP contribution in [0.15, 0.2) is 279 Å². The number of nitrogens with zero attached hydrogens (tertiary/aromatic N) is 4. The maximum Gasteiger partial charge on any atom is 0.187 e. The van der Waals surface area contributed by atoms with Crippen molar-refractivity contribution in [3.63, 3.8) is 0 Å². The molecule has 0 saturated heterocycles. The van der Waals surface area contributed by atoms with Crippen molar-refractivity contribution in [2.24, 2.45) is 0 Å². The zero-order valence-electron chi connectivity index (χ0n) is 38.3. The Bertz CT molecular complexity index is 3750. The Morgan fingerprint density at radius 2 is 0.943 bits per heavy atom. The van der Waals surface area contributed by atoms with Crippen LogP contribution in [0.5, 0.6) is 0 Å². The number of aromatic nitrogens is 3. The molecule has 4 nitrogen and oxygen atoms in total. The predicted octanol–water partition coefficient (Wildman–Crippen LogP) is 9.78. The summed E-state index contributed by atoms with van der Waals surface area (Å²) in [4.78, 5) is 12.8. The number of hydrogen-bond acceptors (Lipinski definition) is 3. The topological polar surface area (TPSA) is 34.0 Å². The summed E-state index contributed by atoms with van der Waals surface area (Å²) in [5, 5.41) is 12.9. The molecule has 70 heavy (non-hydrogen) atoms. The van der Waals surface area contributed by atoms with Crippen LogP contribution in [0.3, 0.4) is 0 Å². The van der Waals surface area contributed by atoms with Crippen molar-refractivity contribution in [1.29, 1.82) is 0 Å². The normalized spacial score (nSPS) is 12.9. The molecule has 0 fully saturated rings. The summed E-state index contributed by atoms with van der Waals surface area (Å²) in [6, 6.07) is 98.8. The molecule has 0 N–H and O–H groups in total. The van der Waals surface area contributed by atoms with Crippen molar-refractivity contribution in [2.45, 2.75) is 0 Å². The average molecular weight is 927 g/mol. The van der Waals surface area contributed by atoms with Gasteiger partial charge in [-0.1, -0.05) is 206 Å². The van der Waals surface area contributed by atoms with Crippen molar-refractivity contribution in [2.75, 3.05) is 4.90 Å². The lowest BCUT2D eigenvalue weighted by Gasteiger charge is -2.45. The van der Waals surface area contributed by atoms with E-state index < -0.39 is 16.1 Å². The highest BCUT2D eigenvalue weighted by molar-refractivity contribution is 7.22. The highest BCUT2D eigenvalue weighted by Crippen LogP contribution is 2.42. The molecule has 12 aromatic rings. The maximum atomic E-state index is 5.49. The van der Waals surface area contributed by atoms with Crippen molar-refractivity contribution < 1.29 is 0 Å². The molecule has 0 radical (unpaired) electrons. The fourth-order valence-corrected chi connectivity index (χ4v) is 21.8. The zero-order chi connectivity index (χ0) is 46.5. The molecule has 9 aromatic carbocycles. The molecule has 0 unspecified atom stereocenters. The van der Waals surface area contributed by atoms with E-state index in [1.165, 1.54) is 63.3 Å². The van der Waals surface area contributed by atoms with Gasteiger partial charge in [-0.15, -0.1) is 0 Å². The Kier molecular flexibility index (Phi) is 10.2. The summed E-state index contributed by atoms with van der Waals surface area (Å²) in [7, 11) is -6.24. The first-order valence-electron chi connectivity index (χ1n) is 24.0. The highest BCUT2D eigenvalue weighted by atomic mass is 28.3. The molecule has 1 aliphatic rings. The van der Waals surface area contributed by atoms with E-state index in [2.05, 4.69) is 270 Å². The van der Waals surface area contributed by atoms with Gasteiger partial charge in [-0.25, -0.2) is 4.98 Å². The smallest absolute Gasteiger partial charge is 0.187 e. The van der Waals surface area contributed by atoms with Crippen LogP contribution in [0.2, 0.25) is 0 Å². The van der Waals surface area contributed by atoms with Gasteiger partial charge in [-0.2, -0.15) is 0 Å². The lowest BCUT2D eigenvalue weighted by molar-refractivity contribution is 1.17.